The van der Waals surface area contributed by atoms with E-state index in [1.165, 1.54) is 0 Å². The predicted molar refractivity (Wildman–Crippen MR) is 124 cm³/mol. The first kappa shape index (κ1) is 21.3. The van der Waals surface area contributed by atoms with Crippen LogP contribution in [0.15, 0.2) is 47.2 Å². The Kier molecular flexibility index (Phi) is 6.12. The van der Waals surface area contributed by atoms with Crippen LogP contribution in [0, 0.1) is 11.8 Å². The fraction of sp³-hybridized carbons (Fsp3) is 0.375. The molecular formula is C24H26N6O3. The number of amides is 1. The second-order valence-corrected chi connectivity index (χ2v) is 8.52. The van der Waals surface area contributed by atoms with Crippen LogP contribution in [-0.2, 0) is 11.3 Å². The van der Waals surface area contributed by atoms with E-state index < -0.39 is 0 Å². The average molecular weight is 447 g/mol. The molecule has 3 aromatic heterocycles. The summed E-state index contributed by atoms with van der Waals surface area (Å²) in [4.78, 5) is 21.9. The molecule has 1 saturated carbocycles. The van der Waals surface area contributed by atoms with Gasteiger partial charge in [0, 0.05) is 24.7 Å². The van der Waals surface area contributed by atoms with Crippen LogP contribution in [0.4, 0.5) is 5.69 Å². The zero-order valence-corrected chi connectivity index (χ0v) is 18.5. The van der Waals surface area contributed by atoms with Crippen LogP contribution in [0.1, 0.15) is 31.2 Å². The van der Waals surface area contributed by atoms with Gasteiger partial charge in [-0.15, -0.1) is 0 Å². The molecule has 170 valence electrons. The molecule has 1 aromatic carbocycles. The SMILES string of the molecule is COc1ccc2nccc(NC(=O)C3CCCC(CNCc4ccc5nonc5c4)C3)c2n1. The number of carbonyl (C=O) groups excluding carboxylic acids is 1. The predicted octanol–water partition coefficient (Wildman–Crippen LogP) is 3.71. The highest BCUT2D eigenvalue weighted by molar-refractivity contribution is 6.00. The molecule has 3 heterocycles. The first-order chi connectivity index (χ1) is 16.2. The third kappa shape index (κ3) is 4.78. The Labute approximate surface area is 190 Å². The fourth-order valence-electron chi connectivity index (χ4n) is 4.53. The van der Waals surface area contributed by atoms with Crippen molar-refractivity contribution in [3.63, 3.8) is 0 Å². The van der Waals surface area contributed by atoms with E-state index in [-0.39, 0.29) is 11.8 Å². The van der Waals surface area contributed by atoms with Gasteiger partial charge in [0.25, 0.3) is 0 Å². The summed E-state index contributed by atoms with van der Waals surface area (Å²) in [7, 11) is 1.57. The van der Waals surface area contributed by atoms with Crippen LogP contribution >= 0.6 is 0 Å². The van der Waals surface area contributed by atoms with Gasteiger partial charge in [0.1, 0.15) is 16.6 Å². The lowest BCUT2D eigenvalue weighted by atomic mass is 9.81. The highest BCUT2D eigenvalue weighted by Gasteiger charge is 2.27. The number of pyridine rings is 2. The van der Waals surface area contributed by atoms with Gasteiger partial charge in [-0.1, -0.05) is 12.5 Å². The van der Waals surface area contributed by atoms with Crippen molar-refractivity contribution in [3.8, 4) is 5.88 Å². The van der Waals surface area contributed by atoms with E-state index in [1.807, 2.05) is 24.3 Å². The number of aromatic nitrogens is 4. The number of benzene rings is 1. The third-order valence-electron chi connectivity index (χ3n) is 6.26. The van der Waals surface area contributed by atoms with E-state index in [4.69, 9.17) is 9.37 Å². The first-order valence-electron chi connectivity index (χ1n) is 11.2. The van der Waals surface area contributed by atoms with Crippen molar-refractivity contribution in [2.75, 3.05) is 19.0 Å². The highest BCUT2D eigenvalue weighted by Crippen LogP contribution is 2.31. The minimum atomic E-state index is -0.0167. The third-order valence-corrected chi connectivity index (χ3v) is 6.26. The molecule has 2 atom stereocenters. The Balaban J connectivity index is 1.18. The molecule has 0 saturated heterocycles. The second-order valence-electron chi connectivity index (χ2n) is 8.52. The average Bonchev–Trinajstić information content (AvgIpc) is 3.32. The standard InChI is InChI=1S/C24H26N6O3/c1-32-22-8-7-19-23(28-22)20(9-10-26-19)27-24(31)17-4-2-3-15(11-17)13-25-14-16-5-6-18-21(12-16)30-33-29-18/h5-10,12,15,17,25H,2-4,11,13-14H2,1H3,(H,26,27,31). The lowest BCUT2D eigenvalue weighted by molar-refractivity contribution is -0.121. The number of methoxy groups -OCH3 is 1. The number of rotatable bonds is 7. The van der Waals surface area contributed by atoms with E-state index in [1.54, 1.807) is 25.4 Å². The van der Waals surface area contributed by atoms with Gasteiger partial charge in [-0.2, -0.15) is 0 Å². The van der Waals surface area contributed by atoms with Crippen LogP contribution in [-0.4, -0.2) is 39.8 Å². The lowest BCUT2D eigenvalue weighted by Crippen LogP contribution is -2.32. The topological polar surface area (TPSA) is 115 Å². The van der Waals surface area contributed by atoms with Crippen molar-refractivity contribution in [3.05, 3.63) is 48.2 Å². The van der Waals surface area contributed by atoms with Crippen molar-refractivity contribution in [1.29, 1.82) is 0 Å². The quantitative estimate of drug-likeness (QED) is 0.441. The lowest BCUT2D eigenvalue weighted by Gasteiger charge is -2.28. The summed E-state index contributed by atoms with van der Waals surface area (Å²) in [5.74, 6) is 0.978. The largest absolute Gasteiger partial charge is 0.481 e. The smallest absolute Gasteiger partial charge is 0.227 e. The molecule has 1 amide bonds. The highest BCUT2D eigenvalue weighted by atomic mass is 16.6. The monoisotopic (exact) mass is 446 g/mol. The summed E-state index contributed by atoms with van der Waals surface area (Å²) < 4.78 is 9.99. The normalized spacial score (nSPS) is 18.5. The maximum atomic E-state index is 13.1. The number of nitrogens with zero attached hydrogens (tertiary/aromatic N) is 4. The minimum absolute atomic E-state index is 0.0167. The summed E-state index contributed by atoms with van der Waals surface area (Å²) in [5, 5.41) is 14.3. The number of anilines is 1. The van der Waals surface area contributed by atoms with Gasteiger partial charge in [-0.05, 0) is 71.9 Å². The van der Waals surface area contributed by atoms with Gasteiger partial charge in [0.15, 0.2) is 0 Å². The zero-order valence-electron chi connectivity index (χ0n) is 18.5. The molecule has 2 N–H and O–H groups in total. The summed E-state index contributed by atoms with van der Waals surface area (Å²) in [6.45, 7) is 1.61. The fourth-order valence-corrected chi connectivity index (χ4v) is 4.53. The number of nitrogens with one attached hydrogen (secondary N) is 2. The summed E-state index contributed by atoms with van der Waals surface area (Å²) >= 11 is 0. The van der Waals surface area contributed by atoms with Gasteiger partial charge < -0.3 is 15.4 Å². The molecule has 33 heavy (non-hydrogen) atoms. The Morgan fingerprint density at radius 2 is 2.00 bits per heavy atom. The molecule has 1 aliphatic carbocycles. The van der Waals surface area contributed by atoms with Gasteiger partial charge >= 0.3 is 0 Å². The van der Waals surface area contributed by atoms with Gasteiger partial charge in [0.2, 0.25) is 11.8 Å². The van der Waals surface area contributed by atoms with Crippen LogP contribution in [0.3, 0.4) is 0 Å². The summed E-state index contributed by atoms with van der Waals surface area (Å²) in [6.07, 6.45) is 5.62. The molecule has 9 nitrogen and oxygen atoms in total. The van der Waals surface area contributed by atoms with Crippen LogP contribution < -0.4 is 15.4 Å². The number of fused-ring (bicyclic) bond motifs is 2. The van der Waals surface area contributed by atoms with Crippen molar-refractivity contribution in [1.82, 2.24) is 25.6 Å². The van der Waals surface area contributed by atoms with Gasteiger partial charge in [-0.25, -0.2) is 9.61 Å². The van der Waals surface area contributed by atoms with Crippen molar-refractivity contribution < 1.29 is 14.2 Å². The van der Waals surface area contributed by atoms with Crippen molar-refractivity contribution in [2.45, 2.75) is 32.2 Å². The number of ether oxygens (including phenoxy) is 1. The molecule has 0 aliphatic heterocycles. The van der Waals surface area contributed by atoms with Crippen molar-refractivity contribution >= 4 is 33.7 Å². The van der Waals surface area contributed by atoms with E-state index in [0.717, 1.165) is 60.9 Å². The molecule has 9 heteroatoms. The molecule has 0 spiro atoms. The first-order valence-corrected chi connectivity index (χ1v) is 11.2. The van der Waals surface area contributed by atoms with Crippen molar-refractivity contribution in [2.24, 2.45) is 11.8 Å². The van der Waals surface area contributed by atoms with E-state index in [2.05, 4.69) is 30.9 Å². The summed E-state index contributed by atoms with van der Waals surface area (Å²) in [5.41, 5.74) is 4.69. The maximum Gasteiger partial charge on any atom is 0.227 e. The van der Waals surface area contributed by atoms with E-state index in [0.29, 0.717) is 23.0 Å². The number of hydrogen-bond acceptors (Lipinski definition) is 8. The molecule has 1 aliphatic rings. The molecule has 1 fully saturated rings. The number of carbonyl (C=O) groups is 1. The maximum absolute atomic E-state index is 13.1. The zero-order chi connectivity index (χ0) is 22.6. The van der Waals surface area contributed by atoms with Crippen LogP contribution in [0.5, 0.6) is 5.88 Å². The Morgan fingerprint density at radius 3 is 2.91 bits per heavy atom. The number of hydrogen-bond donors (Lipinski definition) is 2. The molecule has 0 bridgehead atoms. The van der Waals surface area contributed by atoms with E-state index >= 15 is 0 Å². The molecular weight excluding hydrogens is 420 g/mol. The van der Waals surface area contributed by atoms with E-state index in [9.17, 15) is 4.79 Å². The Hall–Kier alpha value is -3.59. The molecule has 2 unspecified atom stereocenters. The van der Waals surface area contributed by atoms with Gasteiger partial charge in [0.05, 0.1) is 18.3 Å². The Bertz CT molecular complexity index is 1270. The molecule has 4 aromatic rings. The minimum Gasteiger partial charge on any atom is -0.481 e. The molecule has 0 radical (unpaired) electrons. The van der Waals surface area contributed by atoms with Crippen LogP contribution in [0.25, 0.3) is 22.1 Å². The molecule has 5 rings (SSSR count). The Morgan fingerprint density at radius 1 is 1.12 bits per heavy atom. The van der Waals surface area contributed by atoms with Crippen LogP contribution in [0.2, 0.25) is 0 Å². The summed E-state index contributed by atoms with van der Waals surface area (Å²) in [6, 6.07) is 11.3. The second kappa shape index (κ2) is 9.50. The van der Waals surface area contributed by atoms with Gasteiger partial charge in [-0.3, -0.25) is 9.78 Å².